The van der Waals surface area contributed by atoms with E-state index in [1.165, 1.54) is 6.07 Å². The summed E-state index contributed by atoms with van der Waals surface area (Å²) in [6, 6.07) is 4.73. The van der Waals surface area contributed by atoms with Gasteiger partial charge in [0.15, 0.2) is 5.60 Å². The maximum Gasteiger partial charge on any atom is 0.413 e. The molecule has 3 nitrogen and oxygen atoms in total. The number of ether oxygens (including phenoxy) is 1. The number of amides is 1. The van der Waals surface area contributed by atoms with Gasteiger partial charge >= 0.3 is 6.09 Å². The Hall–Kier alpha value is -1.37. The number of nitrogens with one attached hydrogen (secondary N) is 1. The molecule has 18 heavy (non-hydrogen) atoms. The third-order valence-corrected chi connectivity index (χ3v) is 3.20. The van der Waals surface area contributed by atoms with Crippen molar-refractivity contribution >= 4 is 35.0 Å². The molecule has 1 atom stereocenters. The summed E-state index contributed by atoms with van der Waals surface area (Å²) >= 11 is 11.6. The van der Waals surface area contributed by atoms with Gasteiger partial charge in [0.1, 0.15) is 0 Å². The van der Waals surface area contributed by atoms with E-state index in [1.807, 2.05) is 6.92 Å². The van der Waals surface area contributed by atoms with Crippen molar-refractivity contribution in [3.63, 3.8) is 0 Å². The molecule has 0 aromatic heterocycles. The van der Waals surface area contributed by atoms with Crippen LogP contribution in [0.25, 0.3) is 0 Å². The van der Waals surface area contributed by atoms with Gasteiger partial charge in [0.05, 0.1) is 10.0 Å². The van der Waals surface area contributed by atoms with Crippen molar-refractivity contribution in [1.82, 2.24) is 0 Å². The lowest BCUT2D eigenvalue weighted by Crippen LogP contribution is -2.31. The lowest BCUT2D eigenvalue weighted by Gasteiger charge is -2.22. The molecule has 1 aromatic rings. The van der Waals surface area contributed by atoms with Gasteiger partial charge in [-0.05, 0) is 31.5 Å². The molecule has 5 heteroatoms. The van der Waals surface area contributed by atoms with Crippen LogP contribution in [0.15, 0.2) is 18.2 Å². The fraction of sp³-hybridized carbons (Fsp3) is 0.308. The van der Waals surface area contributed by atoms with Gasteiger partial charge in [0, 0.05) is 5.69 Å². The largest absolute Gasteiger partial charge is 0.430 e. The summed E-state index contributed by atoms with van der Waals surface area (Å²) in [5, 5.41) is 3.30. The quantitative estimate of drug-likeness (QED) is 0.839. The predicted octanol–water partition coefficient (Wildman–Crippen LogP) is 4.34. The molecule has 0 saturated carbocycles. The summed E-state index contributed by atoms with van der Waals surface area (Å²) in [5.74, 6) is 2.44. The second-order valence-corrected chi connectivity index (χ2v) is 4.69. The first-order valence-electron chi connectivity index (χ1n) is 5.33. The topological polar surface area (TPSA) is 38.3 Å². The van der Waals surface area contributed by atoms with Crippen LogP contribution in [0.3, 0.4) is 0 Å². The molecule has 0 bridgehead atoms. The molecule has 0 fully saturated rings. The molecule has 0 unspecified atom stereocenters. The van der Waals surface area contributed by atoms with Crippen molar-refractivity contribution < 1.29 is 9.53 Å². The van der Waals surface area contributed by atoms with Gasteiger partial charge in [0.2, 0.25) is 0 Å². The van der Waals surface area contributed by atoms with E-state index >= 15 is 0 Å². The molecule has 0 spiro atoms. The number of benzene rings is 1. The maximum absolute atomic E-state index is 11.6. The molecule has 0 aliphatic rings. The average Bonchev–Trinajstić information content (AvgIpc) is 2.33. The Morgan fingerprint density at radius 3 is 2.67 bits per heavy atom. The standard InChI is InChI=1S/C13H13Cl2NO2/c1-4-13(3,5-2)18-12(17)16-9-6-7-10(14)11(15)8-9/h1,6-8H,5H2,2-3H3,(H,16,17)/t13-/m0/s1. The highest BCUT2D eigenvalue weighted by molar-refractivity contribution is 6.42. The first-order chi connectivity index (χ1) is 8.40. The van der Waals surface area contributed by atoms with Crippen LogP contribution in [0.4, 0.5) is 10.5 Å². The van der Waals surface area contributed by atoms with Crippen LogP contribution in [0.1, 0.15) is 20.3 Å². The first-order valence-corrected chi connectivity index (χ1v) is 6.08. The Bertz CT molecular complexity index is 496. The van der Waals surface area contributed by atoms with Crippen molar-refractivity contribution in [1.29, 1.82) is 0 Å². The summed E-state index contributed by atoms with van der Waals surface area (Å²) in [7, 11) is 0. The second-order valence-electron chi connectivity index (χ2n) is 3.87. The monoisotopic (exact) mass is 285 g/mol. The number of halogens is 2. The number of hydrogen-bond donors (Lipinski definition) is 1. The second kappa shape index (κ2) is 5.99. The van der Waals surface area contributed by atoms with E-state index < -0.39 is 11.7 Å². The van der Waals surface area contributed by atoms with Gasteiger partial charge in [-0.25, -0.2) is 4.79 Å². The summed E-state index contributed by atoms with van der Waals surface area (Å²) in [6.45, 7) is 3.51. The lowest BCUT2D eigenvalue weighted by molar-refractivity contribution is 0.0750. The van der Waals surface area contributed by atoms with Gasteiger partial charge in [-0.2, -0.15) is 0 Å². The Morgan fingerprint density at radius 2 is 2.17 bits per heavy atom. The first kappa shape index (κ1) is 14.7. The number of hydrogen-bond acceptors (Lipinski definition) is 2. The minimum absolute atomic E-state index is 0.352. The smallest absolute Gasteiger partial charge is 0.413 e. The van der Waals surface area contributed by atoms with E-state index in [0.717, 1.165) is 0 Å². The zero-order valence-corrected chi connectivity index (χ0v) is 11.6. The maximum atomic E-state index is 11.6. The molecule has 1 aromatic carbocycles. The van der Waals surface area contributed by atoms with Crippen molar-refractivity contribution in [2.75, 3.05) is 5.32 Å². The molecule has 1 rings (SSSR count). The molecular formula is C13H13Cl2NO2. The third-order valence-electron chi connectivity index (χ3n) is 2.46. The molecule has 1 amide bonds. The van der Waals surface area contributed by atoms with Gasteiger partial charge in [-0.3, -0.25) is 5.32 Å². The Morgan fingerprint density at radius 1 is 1.50 bits per heavy atom. The van der Waals surface area contributed by atoms with Gasteiger partial charge in [0.25, 0.3) is 0 Å². The minimum Gasteiger partial charge on any atom is -0.430 e. The Labute approximate surface area is 116 Å². The Balaban J connectivity index is 2.71. The molecule has 1 N–H and O–H groups in total. The van der Waals surface area contributed by atoms with Crippen molar-refractivity contribution in [2.45, 2.75) is 25.9 Å². The van der Waals surface area contributed by atoms with Gasteiger partial charge < -0.3 is 4.74 Å². The van der Waals surface area contributed by atoms with Crippen molar-refractivity contribution in [3.05, 3.63) is 28.2 Å². The normalized spacial score (nSPS) is 13.3. The van der Waals surface area contributed by atoms with Crippen LogP contribution in [0.2, 0.25) is 10.0 Å². The van der Waals surface area contributed by atoms with Crippen LogP contribution in [0.5, 0.6) is 0 Å². The van der Waals surface area contributed by atoms with E-state index in [0.29, 0.717) is 22.2 Å². The fourth-order valence-electron chi connectivity index (χ4n) is 1.13. The van der Waals surface area contributed by atoms with E-state index in [2.05, 4.69) is 11.2 Å². The summed E-state index contributed by atoms with van der Waals surface area (Å²) < 4.78 is 5.15. The summed E-state index contributed by atoms with van der Waals surface area (Å²) in [5.41, 5.74) is -0.426. The number of anilines is 1. The summed E-state index contributed by atoms with van der Waals surface area (Å²) in [4.78, 5) is 11.6. The highest BCUT2D eigenvalue weighted by Crippen LogP contribution is 2.25. The zero-order chi connectivity index (χ0) is 13.8. The van der Waals surface area contributed by atoms with Crippen LogP contribution >= 0.6 is 23.2 Å². The van der Waals surface area contributed by atoms with Gasteiger partial charge in [-0.1, -0.05) is 36.0 Å². The molecule has 96 valence electrons. The SMILES string of the molecule is C#C[C@@](C)(CC)OC(=O)Nc1ccc(Cl)c(Cl)c1. The van der Waals surface area contributed by atoms with E-state index in [9.17, 15) is 4.79 Å². The van der Waals surface area contributed by atoms with Crippen LogP contribution in [-0.2, 0) is 4.74 Å². The minimum atomic E-state index is -0.916. The lowest BCUT2D eigenvalue weighted by atomic mass is 10.1. The Kier molecular flexibility index (Phi) is 4.89. The molecule has 0 saturated heterocycles. The van der Waals surface area contributed by atoms with Crippen LogP contribution in [-0.4, -0.2) is 11.7 Å². The predicted molar refractivity (Wildman–Crippen MR) is 74.1 cm³/mol. The van der Waals surface area contributed by atoms with E-state index in [4.69, 9.17) is 34.4 Å². The third kappa shape index (κ3) is 3.83. The molecule has 0 heterocycles. The molecular weight excluding hydrogens is 273 g/mol. The van der Waals surface area contributed by atoms with E-state index in [-0.39, 0.29) is 0 Å². The highest BCUT2D eigenvalue weighted by atomic mass is 35.5. The number of terminal acetylenes is 1. The van der Waals surface area contributed by atoms with E-state index in [1.54, 1.807) is 19.1 Å². The average molecular weight is 286 g/mol. The zero-order valence-electron chi connectivity index (χ0n) is 10.1. The molecule has 0 radical (unpaired) electrons. The molecule has 0 aliphatic carbocycles. The number of carbonyl (C=O) groups excluding carboxylic acids is 1. The number of rotatable bonds is 3. The fourth-order valence-corrected chi connectivity index (χ4v) is 1.42. The number of carbonyl (C=O) groups is 1. The van der Waals surface area contributed by atoms with Gasteiger partial charge in [-0.15, -0.1) is 6.42 Å². The van der Waals surface area contributed by atoms with Crippen LogP contribution in [0, 0.1) is 12.3 Å². The van der Waals surface area contributed by atoms with Crippen LogP contribution < -0.4 is 5.32 Å². The highest BCUT2D eigenvalue weighted by Gasteiger charge is 2.23. The van der Waals surface area contributed by atoms with Crippen molar-refractivity contribution in [2.24, 2.45) is 0 Å². The molecule has 0 aliphatic heterocycles. The van der Waals surface area contributed by atoms with Crippen molar-refractivity contribution in [3.8, 4) is 12.3 Å². The summed E-state index contributed by atoms with van der Waals surface area (Å²) in [6.07, 6.45) is 5.21.